The zero-order valence-electron chi connectivity index (χ0n) is 18.6. The van der Waals surface area contributed by atoms with E-state index >= 15 is 0 Å². The number of thioether (sulfide) groups is 1. The summed E-state index contributed by atoms with van der Waals surface area (Å²) >= 11 is 2.95. The SMILES string of the molecule is CCOC(=O)CN1C(=O)S/C(=C\c2cc(I)c(OCc3ccccc3C)c(OCC)c2)C1=O. The number of nitrogens with zero attached hydrogens (tertiary/aromatic N) is 1. The molecule has 0 atom stereocenters. The van der Waals surface area contributed by atoms with Crippen molar-refractivity contribution in [1.29, 1.82) is 0 Å². The Hall–Kier alpha value is -2.53. The molecule has 0 radical (unpaired) electrons. The third kappa shape index (κ3) is 6.29. The summed E-state index contributed by atoms with van der Waals surface area (Å²) in [5.74, 6) is 0.0264. The summed E-state index contributed by atoms with van der Waals surface area (Å²) in [6.45, 7) is 6.20. The van der Waals surface area contributed by atoms with Gasteiger partial charge in [-0.25, -0.2) is 0 Å². The molecule has 0 aromatic heterocycles. The summed E-state index contributed by atoms with van der Waals surface area (Å²) in [5, 5.41) is -0.503. The van der Waals surface area contributed by atoms with Gasteiger partial charge >= 0.3 is 5.97 Å². The van der Waals surface area contributed by atoms with Crippen LogP contribution in [-0.2, 0) is 20.9 Å². The van der Waals surface area contributed by atoms with E-state index in [0.29, 0.717) is 30.3 Å². The summed E-state index contributed by atoms with van der Waals surface area (Å²) in [5.41, 5.74) is 2.91. The Morgan fingerprint density at radius 1 is 1.12 bits per heavy atom. The minimum absolute atomic E-state index is 0.182. The fourth-order valence-corrected chi connectivity index (χ4v) is 4.74. The molecule has 2 aromatic carbocycles. The van der Waals surface area contributed by atoms with E-state index in [-0.39, 0.29) is 11.5 Å². The number of carbonyl (C=O) groups is 3. The highest BCUT2D eigenvalue weighted by Crippen LogP contribution is 2.38. The van der Waals surface area contributed by atoms with Gasteiger partial charge in [-0.1, -0.05) is 24.3 Å². The third-order valence-corrected chi connectivity index (χ3v) is 6.44. The van der Waals surface area contributed by atoms with Crippen molar-refractivity contribution in [2.45, 2.75) is 27.4 Å². The quantitative estimate of drug-likeness (QED) is 0.230. The third-order valence-electron chi connectivity index (χ3n) is 4.73. The van der Waals surface area contributed by atoms with Crippen LogP contribution in [-0.4, -0.2) is 41.8 Å². The molecule has 2 aromatic rings. The summed E-state index contributed by atoms with van der Waals surface area (Å²) in [6, 6.07) is 11.6. The number of ether oxygens (including phenoxy) is 3. The number of benzene rings is 2. The summed E-state index contributed by atoms with van der Waals surface area (Å²) < 4.78 is 17.5. The van der Waals surface area contributed by atoms with Crippen molar-refractivity contribution in [3.05, 3.63) is 61.6 Å². The Bertz CT molecular complexity index is 1100. The molecule has 9 heteroatoms. The molecule has 1 heterocycles. The fraction of sp³-hybridized carbons (Fsp3) is 0.292. The molecule has 1 saturated heterocycles. The number of halogens is 1. The van der Waals surface area contributed by atoms with Gasteiger partial charge in [-0.2, -0.15) is 0 Å². The summed E-state index contributed by atoms with van der Waals surface area (Å²) in [7, 11) is 0. The van der Waals surface area contributed by atoms with Crippen LogP contribution < -0.4 is 9.47 Å². The van der Waals surface area contributed by atoms with Crippen LogP contribution in [0.1, 0.15) is 30.5 Å². The van der Waals surface area contributed by atoms with Crippen LogP contribution in [0.5, 0.6) is 11.5 Å². The van der Waals surface area contributed by atoms with Gasteiger partial charge in [-0.15, -0.1) is 0 Å². The first kappa shape index (κ1) is 25.1. The second-order valence-corrected chi connectivity index (χ2v) is 9.21. The van der Waals surface area contributed by atoms with Crippen LogP contribution in [0.4, 0.5) is 4.79 Å². The zero-order valence-corrected chi connectivity index (χ0v) is 21.5. The van der Waals surface area contributed by atoms with E-state index in [2.05, 4.69) is 22.6 Å². The maximum absolute atomic E-state index is 12.7. The average molecular weight is 581 g/mol. The molecule has 7 nitrogen and oxygen atoms in total. The van der Waals surface area contributed by atoms with E-state index in [0.717, 1.165) is 31.4 Å². The van der Waals surface area contributed by atoms with E-state index < -0.39 is 23.7 Å². The Kier molecular flexibility index (Phi) is 8.79. The zero-order chi connectivity index (χ0) is 24.0. The van der Waals surface area contributed by atoms with Crippen molar-refractivity contribution in [3.63, 3.8) is 0 Å². The number of amides is 2. The lowest BCUT2D eigenvalue weighted by atomic mass is 10.1. The predicted molar refractivity (Wildman–Crippen MR) is 135 cm³/mol. The molecule has 3 rings (SSSR count). The van der Waals surface area contributed by atoms with Gasteiger partial charge in [0.2, 0.25) is 0 Å². The van der Waals surface area contributed by atoms with E-state index in [4.69, 9.17) is 14.2 Å². The number of hydrogen-bond acceptors (Lipinski definition) is 7. The summed E-state index contributed by atoms with van der Waals surface area (Å²) in [4.78, 5) is 37.7. The highest BCUT2D eigenvalue weighted by atomic mass is 127. The van der Waals surface area contributed by atoms with Gasteiger partial charge in [0, 0.05) is 0 Å². The molecule has 2 amide bonds. The smallest absolute Gasteiger partial charge is 0.326 e. The van der Waals surface area contributed by atoms with Gasteiger partial charge in [0.25, 0.3) is 11.1 Å². The molecule has 0 bridgehead atoms. The van der Waals surface area contributed by atoms with Gasteiger partial charge < -0.3 is 14.2 Å². The van der Waals surface area contributed by atoms with Crippen molar-refractivity contribution in [1.82, 2.24) is 4.90 Å². The fourth-order valence-electron chi connectivity index (χ4n) is 3.12. The topological polar surface area (TPSA) is 82.1 Å². The Labute approximate surface area is 210 Å². The molecular weight excluding hydrogens is 557 g/mol. The largest absolute Gasteiger partial charge is 0.490 e. The van der Waals surface area contributed by atoms with Crippen LogP contribution >= 0.6 is 34.4 Å². The van der Waals surface area contributed by atoms with Crippen molar-refractivity contribution >= 4 is 57.5 Å². The average Bonchev–Trinajstić information content (AvgIpc) is 3.02. The van der Waals surface area contributed by atoms with E-state index in [9.17, 15) is 14.4 Å². The maximum Gasteiger partial charge on any atom is 0.326 e. The van der Waals surface area contributed by atoms with Crippen LogP contribution in [0.15, 0.2) is 41.3 Å². The molecular formula is C24H24INO6S. The minimum atomic E-state index is -0.621. The van der Waals surface area contributed by atoms with E-state index in [1.165, 1.54) is 0 Å². The number of hydrogen-bond donors (Lipinski definition) is 0. The molecule has 33 heavy (non-hydrogen) atoms. The summed E-state index contributed by atoms with van der Waals surface area (Å²) in [6.07, 6.45) is 1.62. The second kappa shape index (κ2) is 11.6. The number of esters is 1. The van der Waals surface area contributed by atoms with Crippen molar-refractivity contribution in [2.24, 2.45) is 0 Å². The highest BCUT2D eigenvalue weighted by Gasteiger charge is 2.36. The lowest BCUT2D eigenvalue weighted by molar-refractivity contribution is -0.145. The Morgan fingerprint density at radius 3 is 2.58 bits per heavy atom. The first-order valence-corrected chi connectivity index (χ1v) is 12.3. The lowest BCUT2D eigenvalue weighted by Crippen LogP contribution is -2.34. The maximum atomic E-state index is 12.7. The Balaban J connectivity index is 1.83. The highest BCUT2D eigenvalue weighted by molar-refractivity contribution is 14.1. The molecule has 0 spiro atoms. The minimum Gasteiger partial charge on any atom is -0.490 e. The van der Waals surface area contributed by atoms with Gasteiger partial charge in [0.1, 0.15) is 13.2 Å². The van der Waals surface area contributed by atoms with Crippen LogP contribution in [0, 0.1) is 10.5 Å². The standard InChI is InChI=1S/C24H24INO6S/c1-4-30-19-11-16(10-18(25)22(19)32-14-17-9-7-6-8-15(17)3)12-20-23(28)26(24(29)33-20)13-21(27)31-5-2/h6-12H,4-5,13-14H2,1-3H3/b20-12-. The lowest BCUT2D eigenvalue weighted by Gasteiger charge is -2.15. The van der Waals surface area contributed by atoms with Crippen molar-refractivity contribution in [3.8, 4) is 11.5 Å². The van der Waals surface area contributed by atoms with Crippen molar-refractivity contribution < 1.29 is 28.6 Å². The molecule has 1 fully saturated rings. The molecule has 0 N–H and O–H groups in total. The normalized spacial score (nSPS) is 14.7. The monoisotopic (exact) mass is 581 g/mol. The number of imide groups is 1. The molecule has 1 aliphatic rings. The molecule has 1 aliphatic heterocycles. The van der Waals surface area contributed by atoms with Crippen LogP contribution in [0.2, 0.25) is 0 Å². The van der Waals surface area contributed by atoms with Gasteiger partial charge in [-0.05, 0) is 90.0 Å². The molecule has 0 unspecified atom stereocenters. The van der Waals surface area contributed by atoms with E-state index in [1.54, 1.807) is 19.1 Å². The van der Waals surface area contributed by atoms with Crippen molar-refractivity contribution in [2.75, 3.05) is 19.8 Å². The number of aryl methyl sites for hydroxylation is 1. The first-order chi connectivity index (χ1) is 15.8. The first-order valence-electron chi connectivity index (χ1n) is 10.4. The Morgan fingerprint density at radius 2 is 1.88 bits per heavy atom. The van der Waals surface area contributed by atoms with Crippen LogP contribution in [0.25, 0.3) is 6.08 Å². The van der Waals surface area contributed by atoms with Gasteiger partial charge in [-0.3, -0.25) is 19.3 Å². The molecule has 174 valence electrons. The predicted octanol–water partition coefficient (Wildman–Crippen LogP) is 5.18. The van der Waals surface area contributed by atoms with E-state index in [1.807, 2.05) is 44.2 Å². The number of rotatable bonds is 9. The molecule has 0 saturated carbocycles. The number of carbonyl (C=O) groups excluding carboxylic acids is 3. The van der Waals surface area contributed by atoms with Gasteiger partial charge in [0.15, 0.2) is 11.5 Å². The van der Waals surface area contributed by atoms with Crippen LogP contribution in [0.3, 0.4) is 0 Å². The molecule has 0 aliphatic carbocycles. The second-order valence-electron chi connectivity index (χ2n) is 7.05. The van der Waals surface area contributed by atoms with Gasteiger partial charge in [0.05, 0.1) is 21.7 Å².